The zero-order valence-corrected chi connectivity index (χ0v) is 6.13. The summed E-state index contributed by atoms with van der Waals surface area (Å²) >= 11 is 0. The van der Waals surface area contributed by atoms with Gasteiger partial charge in [-0.1, -0.05) is 0 Å². The maximum Gasteiger partial charge on any atom is 0.280 e. The molecule has 2 N–H and O–H groups in total. The van der Waals surface area contributed by atoms with Gasteiger partial charge >= 0.3 is 0 Å². The first-order valence-corrected chi connectivity index (χ1v) is 3.29. The Morgan fingerprint density at radius 2 is 2.42 bits per heavy atom. The van der Waals surface area contributed by atoms with Crippen LogP contribution in [0.4, 0.5) is 0 Å². The van der Waals surface area contributed by atoms with Gasteiger partial charge in [-0.2, -0.15) is 10.4 Å². The average molecular weight is 166 g/mol. The minimum Gasteiger partial charge on any atom is -0.273 e. The van der Waals surface area contributed by atoms with E-state index in [4.69, 9.17) is 5.26 Å². The second-order valence-corrected chi connectivity index (χ2v) is 2.16. The van der Waals surface area contributed by atoms with Crippen molar-refractivity contribution in [1.82, 2.24) is 10.7 Å². The first-order valence-electron chi connectivity index (χ1n) is 3.29. The van der Waals surface area contributed by atoms with E-state index in [1.807, 2.05) is 5.32 Å². The summed E-state index contributed by atoms with van der Waals surface area (Å²) in [7, 11) is 0. The Bertz CT molecular complexity index is 288. The fourth-order valence-electron chi connectivity index (χ4n) is 0.761. The molecule has 0 unspecified atom stereocenters. The second kappa shape index (κ2) is 3.48. The number of nitriles is 1. The van der Waals surface area contributed by atoms with Gasteiger partial charge in [0.2, 0.25) is 5.91 Å². The number of hydrogen-bond acceptors (Lipinski definition) is 4. The third-order valence-electron chi connectivity index (χ3n) is 1.34. The van der Waals surface area contributed by atoms with Crippen LogP contribution in [-0.2, 0) is 9.59 Å². The van der Waals surface area contributed by atoms with E-state index in [0.29, 0.717) is 0 Å². The van der Waals surface area contributed by atoms with Crippen molar-refractivity contribution in [1.29, 1.82) is 5.26 Å². The normalized spacial score (nSPS) is 15.6. The lowest BCUT2D eigenvalue weighted by molar-refractivity contribution is -0.121. The summed E-state index contributed by atoms with van der Waals surface area (Å²) in [6.45, 7) is 0. The molecular weight excluding hydrogens is 160 g/mol. The predicted octanol–water partition coefficient (Wildman–Crippen LogP) is -1.15. The fourth-order valence-corrected chi connectivity index (χ4v) is 0.761. The molecule has 6 heteroatoms. The molecule has 0 aromatic heterocycles. The number of hydrogen-bond donors (Lipinski definition) is 2. The van der Waals surface area contributed by atoms with Gasteiger partial charge in [0.1, 0.15) is 5.71 Å². The zero-order chi connectivity index (χ0) is 8.97. The molecule has 2 amide bonds. The van der Waals surface area contributed by atoms with Crippen molar-refractivity contribution in [3.05, 3.63) is 0 Å². The summed E-state index contributed by atoms with van der Waals surface area (Å²) in [6, 6.07) is 0. The molecule has 1 heterocycles. The van der Waals surface area contributed by atoms with Gasteiger partial charge in [0.05, 0.1) is 0 Å². The minimum absolute atomic E-state index is 0.177. The van der Waals surface area contributed by atoms with E-state index in [0.717, 1.165) is 0 Å². The minimum atomic E-state index is -0.558. The van der Waals surface area contributed by atoms with Crippen LogP contribution in [0.25, 0.3) is 0 Å². The van der Waals surface area contributed by atoms with Crippen molar-refractivity contribution in [2.24, 2.45) is 5.10 Å². The maximum absolute atomic E-state index is 10.9. The molecule has 62 valence electrons. The highest BCUT2D eigenvalue weighted by atomic mass is 16.2. The standard InChI is InChI=1S/C6H6N4O2/c7-3-8-6(12)4-1-2-5(11)10-9-4/h1-2H2,(H,8,12)(H,10,11). The van der Waals surface area contributed by atoms with Gasteiger partial charge in [-0.05, 0) is 0 Å². The van der Waals surface area contributed by atoms with E-state index in [1.165, 1.54) is 6.19 Å². The lowest BCUT2D eigenvalue weighted by Crippen LogP contribution is -2.34. The van der Waals surface area contributed by atoms with Crippen LogP contribution < -0.4 is 10.7 Å². The fraction of sp³-hybridized carbons (Fsp3) is 0.333. The monoisotopic (exact) mass is 166 g/mol. The molecule has 0 fully saturated rings. The van der Waals surface area contributed by atoms with Gasteiger partial charge in [0, 0.05) is 12.8 Å². The number of rotatable bonds is 1. The third kappa shape index (κ3) is 1.79. The Morgan fingerprint density at radius 3 is 2.92 bits per heavy atom. The molecule has 1 aliphatic rings. The average Bonchev–Trinajstić information content (AvgIpc) is 2.06. The summed E-state index contributed by atoms with van der Waals surface area (Å²) in [5, 5.41) is 13.5. The molecule has 0 aromatic rings. The second-order valence-electron chi connectivity index (χ2n) is 2.16. The molecule has 0 spiro atoms. The number of amides is 2. The Balaban J connectivity index is 2.60. The molecule has 0 aromatic carbocycles. The maximum atomic E-state index is 10.9. The predicted molar refractivity (Wildman–Crippen MR) is 38.6 cm³/mol. The lowest BCUT2D eigenvalue weighted by Gasteiger charge is -2.08. The van der Waals surface area contributed by atoms with Crippen LogP contribution in [0.5, 0.6) is 0 Å². The van der Waals surface area contributed by atoms with Gasteiger partial charge in [-0.3, -0.25) is 14.9 Å². The van der Waals surface area contributed by atoms with Gasteiger partial charge < -0.3 is 0 Å². The smallest absolute Gasteiger partial charge is 0.273 e. The molecule has 0 saturated carbocycles. The molecule has 0 radical (unpaired) electrons. The highest BCUT2D eigenvalue weighted by Crippen LogP contribution is 1.98. The van der Waals surface area contributed by atoms with Crippen LogP contribution in [-0.4, -0.2) is 17.5 Å². The highest BCUT2D eigenvalue weighted by Gasteiger charge is 2.17. The quantitative estimate of drug-likeness (QED) is 0.380. The summed E-state index contributed by atoms with van der Waals surface area (Å²) in [4.78, 5) is 21.5. The first kappa shape index (κ1) is 8.20. The Kier molecular flexibility index (Phi) is 2.38. The van der Waals surface area contributed by atoms with E-state index < -0.39 is 5.91 Å². The Morgan fingerprint density at radius 1 is 1.67 bits per heavy atom. The number of nitrogens with one attached hydrogen (secondary N) is 2. The Labute approximate surface area is 68.2 Å². The van der Waals surface area contributed by atoms with E-state index in [-0.39, 0.29) is 24.5 Å². The number of hydrazone groups is 1. The van der Waals surface area contributed by atoms with Crippen molar-refractivity contribution in [3.63, 3.8) is 0 Å². The summed E-state index contributed by atoms with van der Waals surface area (Å²) in [5.74, 6) is -0.777. The molecule has 0 atom stereocenters. The van der Waals surface area contributed by atoms with Crippen LogP contribution in [0.3, 0.4) is 0 Å². The highest BCUT2D eigenvalue weighted by molar-refractivity contribution is 6.39. The topological polar surface area (TPSA) is 94.3 Å². The van der Waals surface area contributed by atoms with Crippen LogP contribution in [0, 0.1) is 11.5 Å². The molecular formula is C6H6N4O2. The SMILES string of the molecule is N#CNC(=O)C1=NNC(=O)CC1. The summed E-state index contributed by atoms with van der Waals surface area (Å²) < 4.78 is 0. The molecule has 0 aliphatic carbocycles. The van der Waals surface area contributed by atoms with Crippen molar-refractivity contribution >= 4 is 17.5 Å². The zero-order valence-electron chi connectivity index (χ0n) is 6.13. The van der Waals surface area contributed by atoms with Crippen molar-refractivity contribution < 1.29 is 9.59 Å². The van der Waals surface area contributed by atoms with Gasteiger partial charge in [0.25, 0.3) is 5.91 Å². The summed E-state index contributed by atoms with van der Waals surface area (Å²) in [6.07, 6.45) is 1.99. The molecule has 0 saturated heterocycles. The van der Waals surface area contributed by atoms with Crippen LogP contribution in [0.2, 0.25) is 0 Å². The Hall–Kier alpha value is -1.90. The largest absolute Gasteiger partial charge is 0.280 e. The van der Waals surface area contributed by atoms with E-state index >= 15 is 0 Å². The molecule has 6 nitrogen and oxygen atoms in total. The van der Waals surface area contributed by atoms with E-state index in [9.17, 15) is 9.59 Å². The van der Waals surface area contributed by atoms with Crippen LogP contribution in [0.1, 0.15) is 12.8 Å². The summed E-state index contributed by atoms with van der Waals surface area (Å²) in [5.41, 5.74) is 2.33. The molecule has 1 aliphatic heterocycles. The first-order chi connectivity index (χ1) is 5.74. The van der Waals surface area contributed by atoms with Gasteiger partial charge in [-0.15, -0.1) is 0 Å². The van der Waals surface area contributed by atoms with E-state index in [2.05, 4.69) is 10.5 Å². The van der Waals surface area contributed by atoms with Gasteiger partial charge in [0.15, 0.2) is 6.19 Å². The number of carbonyl (C=O) groups excluding carboxylic acids is 2. The molecule has 12 heavy (non-hydrogen) atoms. The molecule has 0 bridgehead atoms. The van der Waals surface area contributed by atoms with Crippen molar-refractivity contribution in [3.8, 4) is 6.19 Å². The van der Waals surface area contributed by atoms with Crippen LogP contribution in [0.15, 0.2) is 5.10 Å². The lowest BCUT2D eigenvalue weighted by atomic mass is 10.2. The number of carbonyl (C=O) groups is 2. The third-order valence-corrected chi connectivity index (χ3v) is 1.34. The number of nitrogens with zero attached hydrogens (tertiary/aromatic N) is 2. The van der Waals surface area contributed by atoms with Crippen molar-refractivity contribution in [2.45, 2.75) is 12.8 Å². The van der Waals surface area contributed by atoms with Crippen molar-refractivity contribution in [2.75, 3.05) is 0 Å². The molecule has 1 rings (SSSR count). The van der Waals surface area contributed by atoms with E-state index in [1.54, 1.807) is 0 Å². The van der Waals surface area contributed by atoms with Gasteiger partial charge in [-0.25, -0.2) is 5.43 Å². The van der Waals surface area contributed by atoms with Crippen LogP contribution >= 0.6 is 0 Å².